The van der Waals surface area contributed by atoms with Crippen molar-refractivity contribution in [3.05, 3.63) is 33.2 Å². The first-order chi connectivity index (χ1) is 7.27. The highest BCUT2D eigenvalue weighted by Crippen LogP contribution is 2.27. The zero-order valence-electron chi connectivity index (χ0n) is 7.61. The summed E-state index contributed by atoms with van der Waals surface area (Å²) in [6.45, 7) is 0.323. The molecule has 0 saturated heterocycles. The van der Waals surface area contributed by atoms with Crippen LogP contribution in [-0.4, -0.2) is 12.4 Å². The molecule has 1 aliphatic rings. The van der Waals surface area contributed by atoms with Crippen molar-refractivity contribution >= 4 is 27.2 Å². The molecule has 3 heterocycles. The van der Waals surface area contributed by atoms with Crippen molar-refractivity contribution in [1.29, 1.82) is 0 Å². The van der Waals surface area contributed by atoms with Crippen molar-refractivity contribution in [1.82, 2.24) is 0 Å². The molecule has 15 heavy (non-hydrogen) atoms. The summed E-state index contributed by atoms with van der Waals surface area (Å²) in [6, 6.07) is 1.82. The zero-order chi connectivity index (χ0) is 10.4. The van der Waals surface area contributed by atoms with Crippen molar-refractivity contribution in [2.24, 2.45) is 0 Å². The van der Waals surface area contributed by atoms with E-state index in [-0.39, 0.29) is 18.2 Å². The molecule has 0 amide bonds. The second-order valence-corrected chi connectivity index (χ2v) is 4.19. The van der Waals surface area contributed by atoms with Gasteiger partial charge in [-0.25, -0.2) is 4.79 Å². The monoisotopic (exact) mass is 222 g/mol. The minimum atomic E-state index is -0.436. The molecule has 0 atom stereocenters. The number of ketones is 1. The first-order valence-electron chi connectivity index (χ1n) is 4.41. The largest absolute Gasteiger partial charge is 0.418 e. The zero-order valence-corrected chi connectivity index (χ0v) is 8.43. The standard InChI is InChI=1S/C10H6O4S/c11-7-4-13-3-6-5-1-2-15-9(5)10(12)14-8(6)7/h1-2H,3-4H2. The van der Waals surface area contributed by atoms with Crippen molar-refractivity contribution in [2.45, 2.75) is 6.61 Å². The summed E-state index contributed by atoms with van der Waals surface area (Å²) < 4.78 is 10.7. The van der Waals surface area contributed by atoms with Gasteiger partial charge in [0.2, 0.25) is 5.78 Å². The van der Waals surface area contributed by atoms with E-state index >= 15 is 0 Å². The average Bonchev–Trinajstić information content (AvgIpc) is 2.69. The maximum Gasteiger partial charge on any atom is 0.354 e. The Morgan fingerprint density at radius 1 is 1.27 bits per heavy atom. The van der Waals surface area contributed by atoms with E-state index < -0.39 is 5.63 Å². The van der Waals surface area contributed by atoms with Crippen LogP contribution in [0, 0.1) is 0 Å². The molecular weight excluding hydrogens is 216 g/mol. The summed E-state index contributed by atoms with van der Waals surface area (Å²) in [5.74, 6) is -0.0985. The first-order valence-corrected chi connectivity index (χ1v) is 5.29. The molecular formula is C10H6O4S. The van der Waals surface area contributed by atoms with Crippen molar-refractivity contribution in [3.63, 3.8) is 0 Å². The Hall–Kier alpha value is -1.46. The fraction of sp³-hybridized carbons (Fsp3) is 0.200. The fourth-order valence-electron chi connectivity index (χ4n) is 1.71. The summed E-state index contributed by atoms with van der Waals surface area (Å²) in [5.41, 5.74) is 0.260. The summed E-state index contributed by atoms with van der Waals surface area (Å²) >= 11 is 1.31. The van der Waals surface area contributed by atoms with Crippen LogP contribution in [0.3, 0.4) is 0 Å². The van der Waals surface area contributed by atoms with Gasteiger partial charge in [-0.3, -0.25) is 4.79 Å². The molecule has 0 bridgehead atoms. The topological polar surface area (TPSA) is 56.5 Å². The highest BCUT2D eigenvalue weighted by atomic mass is 32.1. The lowest BCUT2D eigenvalue weighted by atomic mass is 10.1. The van der Waals surface area contributed by atoms with E-state index in [2.05, 4.69) is 0 Å². The third-order valence-electron chi connectivity index (χ3n) is 2.38. The van der Waals surface area contributed by atoms with E-state index in [1.54, 1.807) is 5.38 Å². The highest BCUT2D eigenvalue weighted by Gasteiger charge is 2.24. The summed E-state index contributed by atoms with van der Waals surface area (Å²) in [6.07, 6.45) is 0. The molecule has 0 aliphatic carbocycles. The number of Topliss-reactive ketones (excluding diaryl/α,β-unsaturated/α-hetero) is 1. The van der Waals surface area contributed by atoms with E-state index in [1.807, 2.05) is 6.07 Å². The van der Waals surface area contributed by atoms with Gasteiger partial charge in [0.15, 0.2) is 5.76 Å². The lowest BCUT2D eigenvalue weighted by Crippen LogP contribution is -2.20. The van der Waals surface area contributed by atoms with Crippen LogP contribution < -0.4 is 5.63 Å². The number of carbonyl (C=O) groups is 1. The van der Waals surface area contributed by atoms with Gasteiger partial charge in [-0.2, -0.15) is 0 Å². The number of carbonyl (C=O) groups excluding carboxylic acids is 1. The van der Waals surface area contributed by atoms with E-state index in [0.29, 0.717) is 16.9 Å². The molecule has 5 heteroatoms. The number of hydrogen-bond acceptors (Lipinski definition) is 5. The number of fused-ring (bicyclic) bond motifs is 3. The van der Waals surface area contributed by atoms with Gasteiger partial charge in [0, 0.05) is 10.9 Å². The van der Waals surface area contributed by atoms with Crippen LogP contribution in [0.5, 0.6) is 0 Å². The Morgan fingerprint density at radius 3 is 3.00 bits per heavy atom. The lowest BCUT2D eigenvalue weighted by Gasteiger charge is -2.13. The fourth-order valence-corrected chi connectivity index (χ4v) is 2.50. The van der Waals surface area contributed by atoms with Crippen LogP contribution in [0.2, 0.25) is 0 Å². The van der Waals surface area contributed by atoms with Gasteiger partial charge in [0.25, 0.3) is 0 Å². The first kappa shape index (κ1) is 8.82. The van der Waals surface area contributed by atoms with Crippen LogP contribution in [0.25, 0.3) is 10.1 Å². The van der Waals surface area contributed by atoms with E-state index in [1.165, 1.54) is 11.3 Å². The van der Waals surface area contributed by atoms with E-state index in [4.69, 9.17) is 9.15 Å². The smallest absolute Gasteiger partial charge is 0.354 e. The van der Waals surface area contributed by atoms with Crippen molar-refractivity contribution < 1.29 is 13.9 Å². The van der Waals surface area contributed by atoms with Gasteiger partial charge in [-0.15, -0.1) is 11.3 Å². The van der Waals surface area contributed by atoms with Gasteiger partial charge in [0.1, 0.15) is 11.3 Å². The van der Waals surface area contributed by atoms with Crippen LogP contribution >= 0.6 is 11.3 Å². The second kappa shape index (κ2) is 3.01. The van der Waals surface area contributed by atoms with Gasteiger partial charge in [-0.05, 0) is 11.4 Å². The van der Waals surface area contributed by atoms with Crippen LogP contribution in [0.15, 0.2) is 20.7 Å². The van der Waals surface area contributed by atoms with Crippen molar-refractivity contribution in [2.75, 3.05) is 6.61 Å². The minimum absolute atomic E-state index is 0.00835. The third kappa shape index (κ3) is 1.17. The molecule has 0 spiro atoms. The molecule has 2 aromatic rings. The molecule has 0 unspecified atom stereocenters. The average molecular weight is 222 g/mol. The van der Waals surface area contributed by atoms with Crippen molar-refractivity contribution in [3.8, 4) is 0 Å². The van der Waals surface area contributed by atoms with Gasteiger partial charge < -0.3 is 9.15 Å². The Labute approximate surface area is 88.1 Å². The molecule has 0 aromatic carbocycles. The second-order valence-electron chi connectivity index (χ2n) is 3.28. The predicted octanol–water partition coefficient (Wildman–Crippen LogP) is 1.57. The Bertz CT molecular complexity index is 607. The Morgan fingerprint density at radius 2 is 2.13 bits per heavy atom. The lowest BCUT2D eigenvalue weighted by molar-refractivity contribution is 0.0618. The molecule has 0 radical (unpaired) electrons. The summed E-state index contributed by atoms with van der Waals surface area (Å²) in [4.78, 5) is 23.0. The maximum atomic E-state index is 11.5. The number of hydrogen-bond donors (Lipinski definition) is 0. The number of rotatable bonds is 0. The Kier molecular flexibility index (Phi) is 1.77. The maximum absolute atomic E-state index is 11.5. The van der Waals surface area contributed by atoms with E-state index in [9.17, 15) is 9.59 Å². The molecule has 0 N–H and O–H groups in total. The van der Waals surface area contributed by atoms with Crippen LogP contribution in [-0.2, 0) is 11.3 Å². The van der Waals surface area contributed by atoms with Crippen LogP contribution in [0.4, 0.5) is 0 Å². The van der Waals surface area contributed by atoms with Gasteiger partial charge in [0.05, 0.1) is 6.61 Å². The molecule has 0 saturated carbocycles. The van der Waals surface area contributed by atoms with Gasteiger partial charge >= 0.3 is 5.63 Å². The third-order valence-corrected chi connectivity index (χ3v) is 3.27. The van der Waals surface area contributed by atoms with E-state index in [0.717, 1.165) is 5.39 Å². The molecule has 3 rings (SSSR count). The SMILES string of the molecule is O=C1COCc2c1oc(=O)c1sccc21. The minimum Gasteiger partial charge on any atom is -0.418 e. The molecule has 4 nitrogen and oxygen atoms in total. The highest BCUT2D eigenvalue weighted by molar-refractivity contribution is 7.17. The van der Waals surface area contributed by atoms with Crippen LogP contribution in [0.1, 0.15) is 16.1 Å². The normalized spacial score (nSPS) is 15.6. The molecule has 0 fully saturated rings. The quantitative estimate of drug-likeness (QED) is 0.678. The Balaban J connectivity index is 2.48. The summed E-state index contributed by atoms with van der Waals surface area (Å²) in [7, 11) is 0. The molecule has 1 aliphatic heterocycles. The summed E-state index contributed by atoms with van der Waals surface area (Å²) in [5, 5.41) is 2.58. The molecule has 76 valence electrons. The molecule has 2 aromatic heterocycles. The predicted molar refractivity (Wildman–Crippen MR) is 54.3 cm³/mol. The van der Waals surface area contributed by atoms with Gasteiger partial charge in [-0.1, -0.05) is 0 Å². The number of ether oxygens (including phenoxy) is 1. The number of thiophene rings is 1.